The summed E-state index contributed by atoms with van der Waals surface area (Å²) in [6.07, 6.45) is 3.07. The van der Waals surface area contributed by atoms with Crippen molar-refractivity contribution in [3.63, 3.8) is 0 Å². The lowest BCUT2D eigenvalue weighted by Gasteiger charge is -2.07. The fraction of sp³-hybridized carbons (Fsp3) is 0.0833. The second kappa shape index (κ2) is 6.29. The Bertz CT molecular complexity index is 765. The van der Waals surface area contributed by atoms with Gasteiger partial charge in [0.1, 0.15) is 0 Å². The van der Waals surface area contributed by atoms with Crippen LogP contribution in [0.15, 0.2) is 52.1 Å². The average Bonchev–Trinajstić information content (AvgIpc) is 2.46. The lowest BCUT2D eigenvalue weighted by Crippen LogP contribution is -2.24. The highest BCUT2D eigenvalue weighted by atomic mass is 79.9. The minimum absolute atomic E-state index is 0.0223. The molecule has 21 heavy (non-hydrogen) atoms. The topological polar surface area (TPSA) is 102 Å². The van der Waals surface area contributed by atoms with Gasteiger partial charge in [0.05, 0.1) is 4.92 Å². The monoisotopic (exact) mass is 371 g/mol. The van der Waals surface area contributed by atoms with Crippen LogP contribution in [0.3, 0.4) is 0 Å². The van der Waals surface area contributed by atoms with E-state index in [1.54, 1.807) is 12.1 Å². The molecule has 7 nitrogen and oxygen atoms in total. The van der Waals surface area contributed by atoms with E-state index in [-0.39, 0.29) is 11.4 Å². The molecule has 0 saturated heterocycles. The molecule has 1 aromatic carbocycles. The van der Waals surface area contributed by atoms with Crippen molar-refractivity contribution in [2.45, 2.75) is 11.4 Å². The molecule has 1 heterocycles. The van der Waals surface area contributed by atoms with E-state index < -0.39 is 20.6 Å². The quantitative estimate of drug-likeness (QED) is 0.641. The van der Waals surface area contributed by atoms with Crippen LogP contribution in [0.4, 0.5) is 5.69 Å². The van der Waals surface area contributed by atoms with Crippen molar-refractivity contribution in [3.8, 4) is 0 Å². The van der Waals surface area contributed by atoms with Crippen molar-refractivity contribution >= 4 is 31.6 Å². The highest BCUT2D eigenvalue weighted by Gasteiger charge is 2.25. The molecular formula is C12H10BrN3O4S. The number of sulfonamides is 1. The van der Waals surface area contributed by atoms with E-state index >= 15 is 0 Å². The van der Waals surface area contributed by atoms with E-state index in [9.17, 15) is 18.5 Å². The van der Waals surface area contributed by atoms with Gasteiger partial charge < -0.3 is 0 Å². The van der Waals surface area contributed by atoms with E-state index in [1.807, 2.05) is 0 Å². The van der Waals surface area contributed by atoms with Gasteiger partial charge in [0, 0.05) is 29.5 Å². The predicted octanol–water partition coefficient (Wildman–Crippen LogP) is 2.23. The van der Waals surface area contributed by atoms with Crippen molar-refractivity contribution < 1.29 is 13.3 Å². The van der Waals surface area contributed by atoms with Gasteiger partial charge in [-0.2, -0.15) is 0 Å². The van der Waals surface area contributed by atoms with Crippen LogP contribution in [0.1, 0.15) is 5.56 Å². The number of pyridine rings is 1. The second-order valence-electron chi connectivity index (χ2n) is 4.05. The largest absolute Gasteiger partial charge is 0.289 e. The molecular weight excluding hydrogens is 362 g/mol. The smallest absolute Gasteiger partial charge is 0.265 e. The van der Waals surface area contributed by atoms with Gasteiger partial charge in [-0.15, -0.1) is 0 Å². The minimum Gasteiger partial charge on any atom is -0.265 e. The summed E-state index contributed by atoms with van der Waals surface area (Å²) in [5.74, 6) is 0. The van der Waals surface area contributed by atoms with Crippen molar-refractivity contribution in [1.82, 2.24) is 9.71 Å². The molecule has 0 aliphatic heterocycles. The van der Waals surface area contributed by atoms with Crippen LogP contribution < -0.4 is 4.72 Å². The maximum Gasteiger partial charge on any atom is 0.289 e. The number of nitro benzene ring substituents is 1. The van der Waals surface area contributed by atoms with Crippen LogP contribution in [-0.2, 0) is 16.6 Å². The summed E-state index contributed by atoms with van der Waals surface area (Å²) in [4.78, 5) is 13.7. The van der Waals surface area contributed by atoms with E-state index in [1.165, 1.54) is 24.5 Å². The molecule has 0 fully saturated rings. The lowest BCUT2D eigenvalue weighted by molar-refractivity contribution is -0.387. The second-order valence-corrected chi connectivity index (χ2v) is 6.70. The van der Waals surface area contributed by atoms with Gasteiger partial charge in [-0.3, -0.25) is 15.1 Å². The molecule has 2 rings (SSSR count). The van der Waals surface area contributed by atoms with E-state index in [4.69, 9.17) is 0 Å². The number of nitrogens with zero attached hydrogens (tertiary/aromatic N) is 2. The average molecular weight is 372 g/mol. The van der Waals surface area contributed by atoms with Crippen molar-refractivity contribution in [2.24, 2.45) is 0 Å². The zero-order valence-corrected chi connectivity index (χ0v) is 13.0. The SMILES string of the molecule is O=[N+]([O-])c1ccc(Br)cc1S(=O)(=O)NCc1ccncc1. The zero-order chi connectivity index (χ0) is 15.5. The van der Waals surface area contributed by atoms with Crippen LogP contribution in [0.2, 0.25) is 0 Å². The Morgan fingerprint density at radius 1 is 1.24 bits per heavy atom. The summed E-state index contributed by atoms with van der Waals surface area (Å²) < 4.78 is 27.2. The summed E-state index contributed by atoms with van der Waals surface area (Å²) in [5.41, 5.74) is 0.228. The molecule has 0 spiro atoms. The van der Waals surface area contributed by atoms with Crippen LogP contribution in [0.25, 0.3) is 0 Å². The summed E-state index contributed by atoms with van der Waals surface area (Å²) in [6, 6.07) is 7.06. The van der Waals surface area contributed by atoms with E-state index in [0.29, 0.717) is 10.0 Å². The molecule has 9 heteroatoms. The summed E-state index contributed by atoms with van der Waals surface area (Å²) in [7, 11) is -4.00. The standard InChI is InChI=1S/C12H10BrN3O4S/c13-10-1-2-11(16(17)18)12(7-10)21(19,20)15-8-9-3-5-14-6-4-9/h1-7,15H,8H2. The summed E-state index contributed by atoms with van der Waals surface area (Å²) in [5, 5.41) is 10.9. The Kier molecular flexibility index (Phi) is 4.66. The fourth-order valence-electron chi connectivity index (χ4n) is 1.61. The number of halogens is 1. The Labute approximate surface area is 129 Å². The maximum absolute atomic E-state index is 12.2. The molecule has 110 valence electrons. The van der Waals surface area contributed by atoms with Crippen molar-refractivity contribution in [1.29, 1.82) is 0 Å². The molecule has 0 unspecified atom stereocenters. The number of aromatic nitrogens is 1. The molecule has 1 aromatic heterocycles. The Balaban J connectivity index is 2.31. The number of nitrogens with one attached hydrogen (secondary N) is 1. The first kappa shape index (κ1) is 15.5. The van der Waals surface area contributed by atoms with Gasteiger partial charge >= 0.3 is 0 Å². The Hall–Kier alpha value is -1.84. The Morgan fingerprint density at radius 3 is 2.52 bits per heavy atom. The van der Waals surface area contributed by atoms with Crippen molar-refractivity contribution in [2.75, 3.05) is 0 Å². The molecule has 0 atom stereocenters. The third-order valence-corrected chi connectivity index (χ3v) is 4.55. The van der Waals surface area contributed by atoms with Gasteiger partial charge in [-0.25, -0.2) is 13.1 Å². The molecule has 0 saturated carbocycles. The van der Waals surface area contributed by atoms with Gasteiger partial charge in [0.2, 0.25) is 10.0 Å². The molecule has 0 aliphatic rings. The summed E-state index contributed by atoms with van der Waals surface area (Å²) in [6.45, 7) is 0.0223. The fourth-order valence-corrected chi connectivity index (χ4v) is 3.34. The minimum atomic E-state index is -4.00. The first-order chi connectivity index (χ1) is 9.90. The van der Waals surface area contributed by atoms with Gasteiger partial charge in [0.25, 0.3) is 5.69 Å². The number of benzene rings is 1. The normalized spacial score (nSPS) is 11.3. The number of hydrogen-bond acceptors (Lipinski definition) is 5. The first-order valence-electron chi connectivity index (χ1n) is 5.72. The highest BCUT2D eigenvalue weighted by Crippen LogP contribution is 2.27. The molecule has 2 aromatic rings. The third-order valence-electron chi connectivity index (χ3n) is 2.62. The van der Waals surface area contributed by atoms with Crippen molar-refractivity contribution in [3.05, 3.63) is 62.9 Å². The van der Waals surface area contributed by atoms with E-state index in [2.05, 4.69) is 25.6 Å². The van der Waals surface area contributed by atoms with Crippen LogP contribution in [-0.4, -0.2) is 18.3 Å². The number of nitro groups is 1. The predicted molar refractivity (Wildman–Crippen MR) is 79.1 cm³/mol. The third kappa shape index (κ3) is 3.84. The molecule has 1 N–H and O–H groups in total. The van der Waals surface area contributed by atoms with Crippen LogP contribution in [0.5, 0.6) is 0 Å². The Morgan fingerprint density at radius 2 is 1.90 bits per heavy atom. The number of rotatable bonds is 5. The lowest BCUT2D eigenvalue weighted by atomic mass is 10.3. The number of hydrogen-bond donors (Lipinski definition) is 1. The van der Waals surface area contributed by atoms with Gasteiger partial charge in [-0.05, 0) is 29.8 Å². The van der Waals surface area contributed by atoms with Gasteiger partial charge in [0.15, 0.2) is 4.90 Å². The first-order valence-corrected chi connectivity index (χ1v) is 8.00. The maximum atomic E-state index is 12.2. The molecule has 0 bridgehead atoms. The molecule has 0 aliphatic carbocycles. The molecule has 0 radical (unpaired) electrons. The van der Waals surface area contributed by atoms with E-state index in [0.717, 1.165) is 6.07 Å². The highest BCUT2D eigenvalue weighted by molar-refractivity contribution is 9.10. The van der Waals surface area contributed by atoms with Crippen LogP contribution in [0, 0.1) is 10.1 Å². The zero-order valence-electron chi connectivity index (χ0n) is 10.6. The van der Waals surface area contributed by atoms with Gasteiger partial charge in [-0.1, -0.05) is 15.9 Å². The van der Waals surface area contributed by atoms with Crippen LogP contribution >= 0.6 is 15.9 Å². The molecule has 0 amide bonds. The summed E-state index contributed by atoms with van der Waals surface area (Å²) >= 11 is 3.11.